The quantitative estimate of drug-likeness (QED) is 0.417. The van der Waals surface area contributed by atoms with Crippen LogP contribution in [-0.2, 0) is 11.3 Å². The molecule has 1 aromatic carbocycles. The summed E-state index contributed by atoms with van der Waals surface area (Å²) in [6.07, 6.45) is 2.89. The lowest BCUT2D eigenvalue weighted by Crippen LogP contribution is -2.24. The predicted octanol–water partition coefficient (Wildman–Crippen LogP) is 5.16. The molecule has 6 nitrogen and oxygen atoms in total. The lowest BCUT2D eigenvalue weighted by Gasteiger charge is -2.11. The molecule has 0 radical (unpaired) electrons. The summed E-state index contributed by atoms with van der Waals surface area (Å²) in [5.41, 5.74) is 4.56. The molecule has 3 aromatic rings. The second-order valence-electron chi connectivity index (χ2n) is 7.40. The van der Waals surface area contributed by atoms with Crippen molar-refractivity contribution in [2.75, 3.05) is 27.4 Å². The van der Waals surface area contributed by atoms with Gasteiger partial charge < -0.3 is 19.4 Å². The zero-order valence-electron chi connectivity index (χ0n) is 18.7. The molecule has 0 unspecified atom stereocenters. The van der Waals surface area contributed by atoms with Crippen molar-refractivity contribution in [2.45, 2.75) is 39.7 Å². The van der Waals surface area contributed by atoms with Crippen LogP contribution in [0.3, 0.4) is 0 Å². The largest absolute Gasteiger partial charge is 0.497 e. The number of nitrogens with one attached hydrogen (secondary N) is 1. The summed E-state index contributed by atoms with van der Waals surface area (Å²) in [5.74, 6) is 0.796. The van der Waals surface area contributed by atoms with Crippen LogP contribution in [0, 0.1) is 6.92 Å². The SMILES string of the molecule is CCCCNC(=O)c1cc(-c2csc(-c3ccc(OC)cc3)n2)n(CCCOC)c1C. The molecular formula is C24H31N3O3S. The highest BCUT2D eigenvalue weighted by Gasteiger charge is 2.20. The molecule has 0 spiro atoms. The van der Waals surface area contributed by atoms with E-state index in [1.807, 2.05) is 37.3 Å². The van der Waals surface area contributed by atoms with Crippen LogP contribution in [0.4, 0.5) is 0 Å². The molecule has 1 N–H and O–H groups in total. The topological polar surface area (TPSA) is 65.4 Å². The second kappa shape index (κ2) is 11.1. The molecule has 0 aliphatic heterocycles. The highest BCUT2D eigenvalue weighted by atomic mass is 32.1. The highest BCUT2D eigenvalue weighted by Crippen LogP contribution is 2.32. The van der Waals surface area contributed by atoms with Gasteiger partial charge in [-0.2, -0.15) is 0 Å². The lowest BCUT2D eigenvalue weighted by molar-refractivity contribution is 0.0952. The molecule has 0 bridgehead atoms. The van der Waals surface area contributed by atoms with Crippen LogP contribution >= 0.6 is 11.3 Å². The Morgan fingerprint density at radius 3 is 2.65 bits per heavy atom. The van der Waals surface area contributed by atoms with E-state index in [-0.39, 0.29) is 5.91 Å². The number of aromatic nitrogens is 2. The zero-order valence-corrected chi connectivity index (χ0v) is 19.6. The molecule has 2 aromatic heterocycles. The number of unbranched alkanes of at least 4 members (excludes halogenated alkanes) is 1. The number of amides is 1. The van der Waals surface area contributed by atoms with Crippen LogP contribution < -0.4 is 10.1 Å². The molecule has 7 heteroatoms. The molecule has 2 heterocycles. The fraction of sp³-hybridized carbons (Fsp3) is 0.417. The van der Waals surface area contributed by atoms with E-state index in [1.54, 1.807) is 25.6 Å². The van der Waals surface area contributed by atoms with Crippen molar-refractivity contribution in [1.82, 2.24) is 14.9 Å². The molecule has 0 atom stereocenters. The number of hydrogen-bond donors (Lipinski definition) is 1. The fourth-order valence-corrected chi connectivity index (χ4v) is 4.29. The third-order valence-electron chi connectivity index (χ3n) is 5.26. The number of carbonyl (C=O) groups is 1. The maximum absolute atomic E-state index is 12.8. The summed E-state index contributed by atoms with van der Waals surface area (Å²) in [4.78, 5) is 17.7. The molecule has 0 fully saturated rings. The van der Waals surface area contributed by atoms with Gasteiger partial charge in [0.05, 0.1) is 24.1 Å². The summed E-state index contributed by atoms with van der Waals surface area (Å²) in [6.45, 7) is 6.25. The van der Waals surface area contributed by atoms with Crippen molar-refractivity contribution >= 4 is 17.2 Å². The first-order chi connectivity index (χ1) is 15.1. The fourth-order valence-electron chi connectivity index (χ4n) is 3.47. The molecule has 3 rings (SSSR count). The number of nitrogens with zero attached hydrogens (tertiary/aromatic N) is 2. The van der Waals surface area contributed by atoms with Crippen molar-refractivity contribution in [3.63, 3.8) is 0 Å². The van der Waals surface area contributed by atoms with Crippen molar-refractivity contribution < 1.29 is 14.3 Å². The number of hydrogen-bond acceptors (Lipinski definition) is 5. The lowest BCUT2D eigenvalue weighted by atomic mass is 10.2. The van der Waals surface area contributed by atoms with Crippen LogP contribution in [0.2, 0.25) is 0 Å². The number of carbonyl (C=O) groups excluding carboxylic acids is 1. The van der Waals surface area contributed by atoms with E-state index < -0.39 is 0 Å². The molecule has 0 aliphatic carbocycles. The minimum Gasteiger partial charge on any atom is -0.497 e. The number of ether oxygens (including phenoxy) is 2. The van der Waals surface area contributed by atoms with Crippen LogP contribution in [0.15, 0.2) is 35.7 Å². The Bertz CT molecular complexity index is 992. The van der Waals surface area contributed by atoms with Gasteiger partial charge in [0.25, 0.3) is 5.91 Å². The van der Waals surface area contributed by atoms with Gasteiger partial charge in [0.1, 0.15) is 10.8 Å². The molecule has 31 heavy (non-hydrogen) atoms. The Labute approximate surface area is 188 Å². The number of methoxy groups -OCH3 is 2. The zero-order chi connectivity index (χ0) is 22.2. The van der Waals surface area contributed by atoms with Gasteiger partial charge in [-0.05, 0) is 50.1 Å². The smallest absolute Gasteiger partial charge is 0.253 e. The Kier molecular flexibility index (Phi) is 8.26. The van der Waals surface area contributed by atoms with Gasteiger partial charge >= 0.3 is 0 Å². The maximum Gasteiger partial charge on any atom is 0.253 e. The summed E-state index contributed by atoms with van der Waals surface area (Å²) in [6, 6.07) is 9.86. The minimum atomic E-state index is -0.0247. The number of rotatable bonds is 11. The molecular weight excluding hydrogens is 410 g/mol. The minimum absolute atomic E-state index is 0.0247. The highest BCUT2D eigenvalue weighted by molar-refractivity contribution is 7.13. The van der Waals surface area contributed by atoms with E-state index in [0.717, 1.165) is 59.2 Å². The molecule has 0 saturated carbocycles. The van der Waals surface area contributed by atoms with Gasteiger partial charge in [0.15, 0.2) is 0 Å². The average Bonchev–Trinajstić information content (AvgIpc) is 3.39. The van der Waals surface area contributed by atoms with Gasteiger partial charge in [0, 0.05) is 43.4 Å². The van der Waals surface area contributed by atoms with E-state index >= 15 is 0 Å². The Balaban J connectivity index is 1.91. The van der Waals surface area contributed by atoms with Gasteiger partial charge in [0.2, 0.25) is 0 Å². The summed E-state index contributed by atoms with van der Waals surface area (Å²) >= 11 is 1.60. The van der Waals surface area contributed by atoms with Crippen LogP contribution in [-0.4, -0.2) is 42.8 Å². The van der Waals surface area contributed by atoms with Gasteiger partial charge in [-0.15, -0.1) is 11.3 Å². The van der Waals surface area contributed by atoms with E-state index in [0.29, 0.717) is 18.7 Å². The van der Waals surface area contributed by atoms with Crippen LogP contribution in [0.25, 0.3) is 22.0 Å². The van der Waals surface area contributed by atoms with Crippen molar-refractivity contribution in [3.05, 3.63) is 47.0 Å². The first-order valence-corrected chi connectivity index (χ1v) is 11.5. The van der Waals surface area contributed by atoms with Crippen molar-refractivity contribution in [3.8, 4) is 27.7 Å². The first-order valence-electron chi connectivity index (χ1n) is 10.7. The standard InChI is InChI=1S/C24H31N3O3S/c1-5-6-12-25-23(28)20-15-22(27(17(20)2)13-7-14-29-3)21-16-31-24(26-21)18-8-10-19(30-4)11-9-18/h8-11,15-16H,5-7,12-14H2,1-4H3,(H,25,28). The van der Waals surface area contributed by atoms with Crippen LogP contribution in [0.1, 0.15) is 42.2 Å². The second-order valence-corrected chi connectivity index (χ2v) is 8.26. The summed E-state index contributed by atoms with van der Waals surface area (Å²) < 4.78 is 12.7. The first kappa shape index (κ1) is 23.0. The molecule has 0 saturated heterocycles. The van der Waals surface area contributed by atoms with E-state index in [1.165, 1.54) is 0 Å². The normalized spacial score (nSPS) is 11.0. The predicted molar refractivity (Wildman–Crippen MR) is 126 cm³/mol. The Hall–Kier alpha value is -2.64. The van der Waals surface area contributed by atoms with E-state index in [9.17, 15) is 4.79 Å². The average molecular weight is 442 g/mol. The van der Waals surface area contributed by atoms with E-state index in [4.69, 9.17) is 14.5 Å². The third-order valence-corrected chi connectivity index (χ3v) is 6.15. The van der Waals surface area contributed by atoms with E-state index in [2.05, 4.69) is 22.2 Å². The molecule has 166 valence electrons. The van der Waals surface area contributed by atoms with Gasteiger partial charge in [-0.3, -0.25) is 4.79 Å². The molecule has 1 amide bonds. The third kappa shape index (κ3) is 5.54. The Morgan fingerprint density at radius 1 is 1.19 bits per heavy atom. The summed E-state index contributed by atoms with van der Waals surface area (Å²) in [7, 11) is 3.37. The van der Waals surface area contributed by atoms with Crippen LogP contribution in [0.5, 0.6) is 5.75 Å². The number of thiazole rings is 1. The molecule has 0 aliphatic rings. The van der Waals surface area contributed by atoms with Crippen molar-refractivity contribution in [1.29, 1.82) is 0 Å². The Morgan fingerprint density at radius 2 is 1.97 bits per heavy atom. The summed E-state index contributed by atoms with van der Waals surface area (Å²) in [5, 5.41) is 6.03. The van der Waals surface area contributed by atoms with Crippen molar-refractivity contribution in [2.24, 2.45) is 0 Å². The monoisotopic (exact) mass is 441 g/mol. The van der Waals surface area contributed by atoms with Gasteiger partial charge in [-0.25, -0.2) is 4.98 Å². The van der Waals surface area contributed by atoms with Gasteiger partial charge in [-0.1, -0.05) is 13.3 Å². The maximum atomic E-state index is 12.8. The number of benzene rings is 1.